The molecule has 0 bridgehead atoms. The number of anilines is 1. The van der Waals surface area contributed by atoms with Crippen LogP contribution in [0.1, 0.15) is 12.5 Å². The molecule has 0 aliphatic rings. The Morgan fingerprint density at radius 2 is 2.00 bits per heavy atom. The highest BCUT2D eigenvalue weighted by Gasteiger charge is 2.42. The molecule has 0 saturated carbocycles. The van der Waals surface area contributed by atoms with Gasteiger partial charge in [0.15, 0.2) is 0 Å². The van der Waals surface area contributed by atoms with E-state index in [1.807, 2.05) is 6.92 Å². The third-order valence-corrected chi connectivity index (χ3v) is 2.56. The Morgan fingerprint density at radius 3 is 2.44 bits per heavy atom. The van der Waals surface area contributed by atoms with Crippen LogP contribution in [0.15, 0.2) is 18.2 Å². The molecule has 1 aromatic carbocycles. The van der Waals surface area contributed by atoms with Gasteiger partial charge in [0.05, 0.1) is 12.8 Å². The van der Waals surface area contributed by atoms with E-state index in [9.17, 15) is 18.0 Å². The Hall–Kier alpha value is -1.72. The smallest absolute Gasteiger partial charge is 0.471 e. The van der Waals surface area contributed by atoms with Crippen molar-refractivity contribution in [2.45, 2.75) is 19.5 Å². The third kappa shape index (κ3) is 2.94. The summed E-state index contributed by atoms with van der Waals surface area (Å²) in [5.41, 5.74) is 0.937. The van der Waals surface area contributed by atoms with Crippen molar-refractivity contribution in [3.63, 3.8) is 0 Å². The zero-order valence-electron chi connectivity index (χ0n) is 10.3. The van der Waals surface area contributed by atoms with Crippen molar-refractivity contribution in [1.29, 1.82) is 0 Å². The van der Waals surface area contributed by atoms with Crippen LogP contribution in [0.2, 0.25) is 0 Å². The average Bonchev–Trinajstić information content (AvgIpc) is 2.35. The van der Waals surface area contributed by atoms with E-state index in [0.29, 0.717) is 11.3 Å². The standard InChI is InChI=1S/C12H14F3NO2/c1-4-8-5-6-10(18-3)9(7-8)16(2)11(17)12(13,14)15/h5-7H,4H2,1-3H3. The van der Waals surface area contributed by atoms with Crippen molar-refractivity contribution in [2.75, 3.05) is 19.1 Å². The molecule has 6 heteroatoms. The summed E-state index contributed by atoms with van der Waals surface area (Å²) < 4.78 is 42.1. The molecule has 0 fully saturated rings. The van der Waals surface area contributed by atoms with Gasteiger partial charge in [-0.25, -0.2) is 0 Å². The van der Waals surface area contributed by atoms with Gasteiger partial charge in [0.2, 0.25) is 0 Å². The summed E-state index contributed by atoms with van der Waals surface area (Å²) in [6.45, 7) is 1.87. The summed E-state index contributed by atoms with van der Waals surface area (Å²) in [6.07, 6.45) is -4.24. The second-order valence-corrected chi connectivity index (χ2v) is 3.72. The largest absolute Gasteiger partial charge is 0.495 e. The van der Waals surface area contributed by atoms with E-state index in [2.05, 4.69) is 0 Å². The van der Waals surface area contributed by atoms with Crippen molar-refractivity contribution in [3.05, 3.63) is 23.8 Å². The van der Waals surface area contributed by atoms with Gasteiger partial charge in [-0.15, -0.1) is 0 Å². The molecule has 0 spiro atoms. The number of carbonyl (C=O) groups is 1. The molecule has 1 rings (SSSR count). The summed E-state index contributed by atoms with van der Waals surface area (Å²) in [5, 5.41) is 0. The van der Waals surface area contributed by atoms with Gasteiger partial charge in [-0.2, -0.15) is 13.2 Å². The Balaban J connectivity index is 3.18. The zero-order chi connectivity index (χ0) is 13.9. The van der Waals surface area contributed by atoms with Crippen molar-refractivity contribution in [2.24, 2.45) is 0 Å². The summed E-state index contributed by atoms with van der Waals surface area (Å²) >= 11 is 0. The Kier molecular flexibility index (Phi) is 4.21. The highest BCUT2D eigenvalue weighted by atomic mass is 19.4. The van der Waals surface area contributed by atoms with Crippen LogP contribution in [0.4, 0.5) is 18.9 Å². The average molecular weight is 261 g/mol. The Bertz CT molecular complexity index is 443. The first kappa shape index (κ1) is 14.3. The first-order valence-electron chi connectivity index (χ1n) is 5.33. The van der Waals surface area contributed by atoms with Gasteiger partial charge >= 0.3 is 12.1 Å². The highest BCUT2D eigenvalue weighted by Crippen LogP contribution is 2.31. The van der Waals surface area contributed by atoms with Gasteiger partial charge in [-0.05, 0) is 24.1 Å². The number of hydrogen-bond donors (Lipinski definition) is 0. The van der Waals surface area contributed by atoms with E-state index in [-0.39, 0.29) is 11.4 Å². The zero-order valence-corrected chi connectivity index (χ0v) is 10.3. The minimum absolute atomic E-state index is 0.110. The first-order chi connectivity index (χ1) is 8.31. The van der Waals surface area contributed by atoms with Crippen LogP contribution < -0.4 is 9.64 Å². The number of carbonyl (C=O) groups excluding carboxylic acids is 1. The number of benzene rings is 1. The van der Waals surface area contributed by atoms with E-state index in [1.54, 1.807) is 12.1 Å². The van der Waals surface area contributed by atoms with Gasteiger partial charge in [0.1, 0.15) is 5.75 Å². The molecule has 0 N–H and O–H groups in total. The van der Waals surface area contributed by atoms with Crippen LogP contribution in [-0.2, 0) is 11.2 Å². The molecular formula is C12H14F3NO2. The lowest BCUT2D eigenvalue weighted by atomic mass is 10.1. The number of aryl methyl sites for hydroxylation is 1. The van der Waals surface area contributed by atoms with Crippen LogP contribution in [0.3, 0.4) is 0 Å². The number of rotatable bonds is 3. The molecule has 0 aromatic heterocycles. The van der Waals surface area contributed by atoms with E-state index in [4.69, 9.17) is 4.74 Å². The van der Waals surface area contributed by atoms with Crippen molar-refractivity contribution in [3.8, 4) is 5.75 Å². The molecule has 0 aliphatic carbocycles. The van der Waals surface area contributed by atoms with Crippen LogP contribution in [0.25, 0.3) is 0 Å². The molecule has 0 unspecified atom stereocenters. The maximum Gasteiger partial charge on any atom is 0.471 e. The van der Waals surface area contributed by atoms with Crippen LogP contribution in [0, 0.1) is 0 Å². The van der Waals surface area contributed by atoms with Crippen LogP contribution >= 0.6 is 0 Å². The highest BCUT2D eigenvalue weighted by molar-refractivity contribution is 5.98. The number of alkyl halides is 3. The molecule has 0 aliphatic heterocycles. The van der Waals surface area contributed by atoms with Gasteiger partial charge in [0, 0.05) is 7.05 Å². The maximum absolute atomic E-state index is 12.4. The van der Waals surface area contributed by atoms with Gasteiger partial charge < -0.3 is 9.64 Å². The summed E-state index contributed by atoms with van der Waals surface area (Å²) in [6, 6.07) is 4.81. The molecular weight excluding hydrogens is 247 g/mol. The molecule has 3 nitrogen and oxygen atoms in total. The summed E-state index contributed by atoms with van der Waals surface area (Å²) in [4.78, 5) is 11.7. The number of nitrogens with zero attached hydrogens (tertiary/aromatic N) is 1. The third-order valence-electron chi connectivity index (χ3n) is 2.56. The minimum Gasteiger partial charge on any atom is -0.495 e. The SMILES string of the molecule is CCc1ccc(OC)c(N(C)C(=O)C(F)(F)F)c1. The molecule has 0 atom stereocenters. The molecule has 0 radical (unpaired) electrons. The number of ether oxygens (including phenoxy) is 1. The summed E-state index contributed by atoms with van der Waals surface area (Å²) in [5.74, 6) is -1.69. The topological polar surface area (TPSA) is 29.5 Å². The lowest BCUT2D eigenvalue weighted by Crippen LogP contribution is -2.38. The van der Waals surface area contributed by atoms with Gasteiger partial charge in [-0.1, -0.05) is 13.0 Å². The predicted molar refractivity (Wildman–Crippen MR) is 61.8 cm³/mol. The van der Waals surface area contributed by atoms with E-state index in [0.717, 1.165) is 12.6 Å². The fourth-order valence-electron chi connectivity index (χ4n) is 1.52. The normalized spacial score (nSPS) is 11.2. The second kappa shape index (κ2) is 5.29. The number of halogens is 3. The summed E-state index contributed by atoms with van der Waals surface area (Å²) in [7, 11) is 2.42. The molecule has 0 saturated heterocycles. The van der Waals surface area contributed by atoms with E-state index in [1.165, 1.54) is 13.2 Å². The lowest BCUT2D eigenvalue weighted by Gasteiger charge is -2.21. The van der Waals surface area contributed by atoms with Crippen molar-refractivity contribution < 1.29 is 22.7 Å². The van der Waals surface area contributed by atoms with Gasteiger partial charge in [0.25, 0.3) is 0 Å². The fraction of sp³-hybridized carbons (Fsp3) is 0.417. The van der Waals surface area contributed by atoms with E-state index >= 15 is 0 Å². The van der Waals surface area contributed by atoms with Crippen LogP contribution in [0.5, 0.6) is 5.75 Å². The minimum atomic E-state index is -4.90. The maximum atomic E-state index is 12.4. The second-order valence-electron chi connectivity index (χ2n) is 3.72. The first-order valence-corrected chi connectivity index (χ1v) is 5.33. The number of methoxy groups -OCH3 is 1. The molecule has 1 aromatic rings. The van der Waals surface area contributed by atoms with Crippen molar-refractivity contribution >= 4 is 11.6 Å². The monoisotopic (exact) mass is 261 g/mol. The van der Waals surface area contributed by atoms with Gasteiger partial charge in [-0.3, -0.25) is 4.79 Å². The lowest BCUT2D eigenvalue weighted by molar-refractivity contribution is -0.170. The molecule has 0 heterocycles. The van der Waals surface area contributed by atoms with Crippen LogP contribution in [-0.4, -0.2) is 26.2 Å². The quantitative estimate of drug-likeness (QED) is 0.837. The fourth-order valence-corrected chi connectivity index (χ4v) is 1.52. The number of amides is 1. The molecule has 18 heavy (non-hydrogen) atoms. The number of hydrogen-bond acceptors (Lipinski definition) is 2. The molecule has 100 valence electrons. The Labute approximate surface area is 103 Å². The van der Waals surface area contributed by atoms with Crippen molar-refractivity contribution in [1.82, 2.24) is 0 Å². The molecule has 1 amide bonds. The Morgan fingerprint density at radius 1 is 1.39 bits per heavy atom. The van der Waals surface area contributed by atoms with E-state index < -0.39 is 12.1 Å². The predicted octanol–water partition coefficient (Wildman–Crippen LogP) is 2.78.